The number of anilines is 1. The van der Waals surface area contributed by atoms with Crippen LogP contribution in [0.25, 0.3) is 0 Å². The first-order valence-corrected chi connectivity index (χ1v) is 8.64. The molecule has 1 aliphatic heterocycles. The molecule has 2 aromatic rings. The quantitative estimate of drug-likeness (QED) is 0.488. The van der Waals surface area contributed by atoms with E-state index in [-0.39, 0.29) is 16.9 Å². The molecule has 2 N–H and O–H groups in total. The molecule has 3 rings (SSSR count). The second kappa shape index (κ2) is 7.66. The number of ketones is 1. The molecule has 6 heteroatoms. The van der Waals surface area contributed by atoms with Gasteiger partial charge in [-0.3, -0.25) is 14.8 Å². The first-order valence-electron chi connectivity index (χ1n) is 8.64. The fraction of sp³-hybridized carbons (Fsp3) is 0.300. The topological polar surface area (TPSA) is 69.6 Å². The maximum absolute atomic E-state index is 14.5. The van der Waals surface area contributed by atoms with Crippen molar-refractivity contribution in [1.82, 2.24) is 5.48 Å². The van der Waals surface area contributed by atoms with Crippen LogP contribution in [0.3, 0.4) is 0 Å². The van der Waals surface area contributed by atoms with Crippen LogP contribution in [0.2, 0.25) is 0 Å². The summed E-state index contributed by atoms with van der Waals surface area (Å²) in [6, 6.07) is 11.1. The SMILES string of the molecule is CC(C(=O)c1ccc(N2CCCC2)cc1F)c1ccc(C(=O)NO)cc1. The summed E-state index contributed by atoms with van der Waals surface area (Å²) in [6.07, 6.45) is 2.20. The van der Waals surface area contributed by atoms with Crippen molar-refractivity contribution in [3.63, 3.8) is 0 Å². The Kier molecular flexibility index (Phi) is 5.32. The van der Waals surface area contributed by atoms with Gasteiger partial charge in [0.2, 0.25) is 0 Å². The number of carbonyl (C=O) groups is 2. The fourth-order valence-electron chi connectivity index (χ4n) is 3.25. The van der Waals surface area contributed by atoms with Gasteiger partial charge in [-0.05, 0) is 48.7 Å². The smallest absolute Gasteiger partial charge is 0.274 e. The van der Waals surface area contributed by atoms with E-state index in [1.807, 2.05) is 0 Å². The summed E-state index contributed by atoms with van der Waals surface area (Å²) in [7, 11) is 0. The monoisotopic (exact) mass is 356 g/mol. The lowest BCUT2D eigenvalue weighted by Crippen LogP contribution is -2.19. The van der Waals surface area contributed by atoms with E-state index in [0.717, 1.165) is 31.6 Å². The molecule has 136 valence electrons. The van der Waals surface area contributed by atoms with E-state index in [2.05, 4.69) is 4.90 Å². The van der Waals surface area contributed by atoms with Crippen LogP contribution >= 0.6 is 0 Å². The van der Waals surface area contributed by atoms with E-state index in [1.165, 1.54) is 18.2 Å². The Balaban J connectivity index is 1.78. The second-order valence-corrected chi connectivity index (χ2v) is 6.51. The Morgan fingerprint density at radius 1 is 1.12 bits per heavy atom. The second-order valence-electron chi connectivity index (χ2n) is 6.51. The summed E-state index contributed by atoms with van der Waals surface area (Å²) < 4.78 is 14.5. The molecular formula is C20H21FN2O3. The number of carbonyl (C=O) groups excluding carboxylic acids is 2. The van der Waals surface area contributed by atoms with Crippen LogP contribution in [-0.4, -0.2) is 30.0 Å². The van der Waals surface area contributed by atoms with Crippen LogP contribution < -0.4 is 10.4 Å². The highest BCUT2D eigenvalue weighted by atomic mass is 19.1. The van der Waals surface area contributed by atoms with E-state index in [1.54, 1.807) is 36.7 Å². The number of nitrogens with one attached hydrogen (secondary N) is 1. The third-order valence-corrected chi connectivity index (χ3v) is 4.86. The Bertz CT molecular complexity index is 814. The highest BCUT2D eigenvalue weighted by Crippen LogP contribution is 2.27. The average Bonchev–Trinajstić information content (AvgIpc) is 3.21. The van der Waals surface area contributed by atoms with Gasteiger partial charge in [0.1, 0.15) is 5.82 Å². The number of hydrogen-bond acceptors (Lipinski definition) is 4. The highest BCUT2D eigenvalue weighted by molar-refractivity contribution is 6.01. The zero-order valence-electron chi connectivity index (χ0n) is 14.5. The molecule has 0 spiro atoms. The van der Waals surface area contributed by atoms with Crippen molar-refractivity contribution in [3.8, 4) is 0 Å². The number of hydroxylamine groups is 1. The fourth-order valence-corrected chi connectivity index (χ4v) is 3.25. The molecule has 1 saturated heterocycles. The highest BCUT2D eigenvalue weighted by Gasteiger charge is 2.22. The maximum Gasteiger partial charge on any atom is 0.274 e. The molecule has 5 nitrogen and oxygen atoms in total. The minimum Gasteiger partial charge on any atom is -0.371 e. The third kappa shape index (κ3) is 3.60. The van der Waals surface area contributed by atoms with E-state index in [4.69, 9.17) is 5.21 Å². The van der Waals surface area contributed by atoms with Crippen molar-refractivity contribution in [1.29, 1.82) is 0 Å². The average molecular weight is 356 g/mol. The number of Topliss-reactive ketones (excluding diaryl/α,β-unsaturated/α-hetero) is 1. The largest absolute Gasteiger partial charge is 0.371 e. The van der Waals surface area contributed by atoms with Crippen LogP contribution in [0.5, 0.6) is 0 Å². The summed E-state index contributed by atoms with van der Waals surface area (Å²) in [5.41, 5.74) is 3.38. The van der Waals surface area contributed by atoms with E-state index < -0.39 is 17.6 Å². The van der Waals surface area contributed by atoms with Crippen LogP contribution in [0.4, 0.5) is 10.1 Å². The number of hydrogen-bond donors (Lipinski definition) is 2. The van der Waals surface area contributed by atoms with Crippen molar-refractivity contribution >= 4 is 17.4 Å². The summed E-state index contributed by atoms with van der Waals surface area (Å²) >= 11 is 0. The van der Waals surface area contributed by atoms with E-state index >= 15 is 0 Å². The van der Waals surface area contributed by atoms with Crippen LogP contribution in [0, 0.1) is 5.82 Å². The van der Waals surface area contributed by atoms with Gasteiger partial charge in [0.15, 0.2) is 5.78 Å². The summed E-state index contributed by atoms with van der Waals surface area (Å²) in [5.74, 6) is -2.00. The lowest BCUT2D eigenvalue weighted by Gasteiger charge is -2.19. The molecule has 1 heterocycles. The third-order valence-electron chi connectivity index (χ3n) is 4.86. The predicted octanol–water partition coefficient (Wildman–Crippen LogP) is 3.53. The molecule has 0 aromatic heterocycles. The first kappa shape index (κ1) is 18.1. The molecule has 1 atom stereocenters. The molecule has 1 aliphatic rings. The molecule has 1 unspecified atom stereocenters. The molecular weight excluding hydrogens is 335 g/mol. The zero-order valence-corrected chi connectivity index (χ0v) is 14.5. The molecule has 0 saturated carbocycles. The van der Waals surface area contributed by atoms with Crippen LogP contribution in [-0.2, 0) is 0 Å². The lowest BCUT2D eigenvalue weighted by atomic mass is 9.91. The van der Waals surface area contributed by atoms with Gasteiger partial charge >= 0.3 is 0 Å². The van der Waals surface area contributed by atoms with Crippen molar-refractivity contribution in [2.24, 2.45) is 0 Å². The van der Waals surface area contributed by atoms with Crippen molar-refractivity contribution in [2.75, 3.05) is 18.0 Å². The Labute approximate surface area is 151 Å². The number of amides is 1. The standard InChI is InChI=1S/C20H21FN2O3/c1-13(14-4-6-15(7-5-14)20(25)22-26)19(24)17-9-8-16(12-18(17)21)23-10-2-3-11-23/h4-9,12-13,26H,2-3,10-11H2,1H3,(H,22,25). The Morgan fingerprint density at radius 3 is 2.35 bits per heavy atom. The van der Waals surface area contributed by atoms with Gasteiger partial charge in [-0.1, -0.05) is 19.1 Å². The Hall–Kier alpha value is -2.73. The Morgan fingerprint density at radius 2 is 1.77 bits per heavy atom. The number of benzene rings is 2. The van der Waals surface area contributed by atoms with E-state index in [9.17, 15) is 14.0 Å². The first-order chi connectivity index (χ1) is 12.5. The number of halogens is 1. The van der Waals surface area contributed by atoms with Gasteiger partial charge in [0, 0.05) is 30.3 Å². The molecule has 1 amide bonds. The molecule has 2 aromatic carbocycles. The minimum atomic E-state index is -0.626. The lowest BCUT2D eigenvalue weighted by molar-refractivity contribution is 0.0706. The van der Waals surface area contributed by atoms with E-state index in [0.29, 0.717) is 5.56 Å². The van der Waals surface area contributed by atoms with Crippen LogP contribution in [0.15, 0.2) is 42.5 Å². The normalized spacial score (nSPS) is 15.0. The number of nitrogens with zero attached hydrogens (tertiary/aromatic N) is 1. The van der Waals surface area contributed by atoms with Crippen molar-refractivity contribution in [3.05, 3.63) is 65.0 Å². The van der Waals surface area contributed by atoms with Gasteiger partial charge in [-0.15, -0.1) is 0 Å². The van der Waals surface area contributed by atoms with Gasteiger partial charge in [-0.2, -0.15) is 0 Å². The predicted molar refractivity (Wildman–Crippen MR) is 96.3 cm³/mol. The molecule has 0 radical (unpaired) electrons. The summed E-state index contributed by atoms with van der Waals surface area (Å²) in [5, 5.41) is 8.64. The zero-order chi connectivity index (χ0) is 18.7. The summed E-state index contributed by atoms with van der Waals surface area (Å²) in [4.78, 5) is 26.2. The molecule has 0 bridgehead atoms. The van der Waals surface area contributed by atoms with Gasteiger partial charge in [0.05, 0.1) is 5.56 Å². The molecule has 26 heavy (non-hydrogen) atoms. The van der Waals surface area contributed by atoms with Gasteiger partial charge in [-0.25, -0.2) is 9.87 Å². The van der Waals surface area contributed by atoms with Gasteiger partial charge in [0.25, 0.3) is 5.91 Å². The van der Waals surface area contributed by atoms with Crippen LogP contribution in [0.1, 0.15) is 52.0 Å². The van der Waals surface area contributed by atoms with Crippen molar-refractivity contribution in [2.45, 2.75) is 25.7 Å². The maximum atomic E-state index is 14.5. The minimum absolute atomic E-state index is 0.0672. The number of rotatable bonds is 5. The summed E-state index contributed by atoms with van der Waals surface area (Å²) in [6.45, 7) is 3.53. The molecule has 1 fully saturated rings. The van der Waals surface area contributed by atoms with Crippen molar-refractivity contribution < 1.29 is 19.2 Å². The van der Waals surface area contributed by atoms with Gasteiger partial charge < -0.3 is 4.90 Å². The molecule has 0 aliphatic carbocycles.